The number of carbonyl (C=O) groups excluding carboxylic acids is 1. The lowest BCUT2D eigenvalue weighted by molar-refractivity contribution is -0.144. The summed E-state index contributed by atoms with van der Waals surface area (Å²) in [6.45, 7) is 11.8. The van der Waals surface area contributed by atoms with Crippen molar-refractivity contribution >= 4 is 5.97 Å². The molecule has 0 aromatic rings. The lowest BCUT2D eigenvalue weighted by Gasteiger charge is -2.30. The van der Waals surface area contributed by atoms with Crippen molar-refractivity contribution in [3.63, 3.8) is 0 Å². The van der Waals surface area contributed by atoms with Crippen LogP contribution < -0.4 is 5.32 Å². The zero-order chi connectivity index (χ0) is 11.9. The molecule has 0 aliphatic rings. The molecule has 1 N–H and O–H groups in total. The molecule has 3 heteroatoms. The predicted molar refractivity (Wildman–Crippen MR) is 62.8 cm³/mol. The Bertz CT molecular complexity index is 185. The lowest BCUT2D eigenvalue weighted by Crippen LogP contribution is -2.42. The quantitative estimate of drug-likeness (QED) is 0.691. The molecule has 0 amide bonds. The molecule has 0 rings (SSSR count). The monoisotopic (exact) mass is 215 g/mol. The molecule has 0 radical (unpaired) electrons. The minimum absolute atomic E-state index is 0.0852. The molecule has 0 aromatic carbocycles. The van der Waals surface area contributed by atoms with Crippen LogP contribution >= 0.6 is 0 Å². The molecule has 0 fully saturated rings. The Labute approximate surface area is 93.6 Å². The van der Waals surface area contributed by atoms with Gasteiger partial charge in [-0.2, -0.15) is 0 Å². The third kappa shape index (κ3) is 6.50. The molecular weight excluding hydrogens is 190 g/mol. The Kier molecular flexibility index (Phi) is 6.57. The van der Waals surface area contributed by atoms with Crippen LogP contribution in [0.4, 0.5) is 0 Å². The molecule has 0 aliphatic heterocycles. The highest BCUT2D eigenvalue weighted by atomic mass is 16.5. The summed E-state index contributed by atoms with van der Waals surface area (Å²) < 4.78 is 4.97. The van der Waals surface area contributed by atoms with Gasteiger partial charge in [0.15, 0.2) is 0 Å². The van der Waals surface area contributed by atoms with Crippen molar-refractivity contribution in [2.24, 2.45) is 5.41 Å². The van der Waals surface area contributed by atoms with Crippen LogP contribution in [0, 0.1) is 5.41 Å². The minimum Gasteiger partial charge on any atom is -0.466 e. The summed E-state index contributed by atoms with van der Waals surface area (Å²) in [5.74, 6) is -0.110. The molecular formula is C12H25NO2. The van der Waals surface area contributed by atoms with Gasteiger partial charge in [0.25, 0.3) is 0 Å². The Balaban J connectivity index is 4.18. The average Bonchev–Trinajstić information content (AvgIpc) is 2.10. The van der Waals surface area contributed by atoms with E-state index in [0.717, 1.165) is 13.0 Å². The van der Waals surface area contributed by atoms with E-state index in [1.54, 1.807) is 0 Å². The second-order valence-corrected chi connectivity index (χ2v) is 4.88. The van der Waals surface area contributed by atoms with Gasteiger partial charge in [-0.05, 0) is 25.3 Å². The van der Waals surface area contributed by atoms with Crippen molar-refractivity contribution in [2.45, 2.75) is 53.5 Å². The van der Waals surface area contributed by atoms with Crippen molar-refractivity contribution in [1.82, 2.24) is 5.32 Å². The van der Waals surface area contributed by atoms with Gasteiger partial charge in [-0.15, -0.1) is 0 Å². The zero-order valence-corrected chi connectivity index (χ0v) is 10.7. The van der Waals surface area contributed by atoms with E-state index in [0.29, 0.717) is 13.0 Å². The first kappa shape index (κ1) is 14.4. The Morgan fingerprint density at radius 3 is 2.33 bits per heavy atom. The maximum atomic E-state index is 11.4. The molecule has 0 aromatic heterocycles. The maximum absolute atomic E-state index is 11.4. The fourth-order valence-electron chi connectivity index (χ4n) is 1.39. The third-order valence-electron chi connectivity index (χ3n) is 2.36. The van der Waals surface area contributed by atoms with Gasteiger partial charge in [0.1, 0.15) is 0 Å². The van der Waals surface area contributed by atoms with Crippen molar-refractivity contribution in [3.05, 3.63) is 0 Å². The normalized spacial score (nSPS) is 13.7. The van der Waals surface area contributed by atoms with Crippen molar-refractivity contribution in [3.8, 4) is 0 Å². The van der Waals surface area contributed by atoms with Crippen LogP contribution in [-0.4, -0.2) is 25.2 Å². The first-order valence-corrected chi connectivity index (χ1v) is 5.80. The van der Waals surface area contributed by atoms with E-state index in [2.05, 4.69) is 33.0 Å². The molecule has 0 bridgehead atoms. The van der Waals surface area contributed by atoms with Crippen LogP contribution in [0.2, 0.25) is 0 Å². The molecule has 0 heterocycles. The third-order valence-corrected chi connectivity index (χ3v) is 2.36. The van der Waals surface area contributed by atoms with E-state index in [-0.39, 0.29) is 17.4 Å². The molecule has 1 atom stereocenters. The van der Waals surface area contributed by atoms with Crippen molar-refractivity contribution in [1.29, 1.82) is 0 Å². The SMILES string of the molecule is CCCNC(CC(=O)OCC)C(C)(C)C. The second-order valence-electron chi connectivity index (χ2n) is 4.88. The lowest BCUT2D eigenvalue weighted by atomic mass is 9.84. The standard InChI is InChI=1S/C12H25NO2/c1-6-8-13-10(12(3,4)5)9-11(14)15-7-2/h10,13H,6-9H2,1-5H3. The van der Waals surface area contributed by atoms with Gasteiger partial charge in [0.05, 0.1) is 13.0 Å². The molecule has 0 saturated carbocycles. The van der Waals surface area contributed by atoms with Gasteiger partial charge < -0.3 is 10.1 Å². The van der Waals surface area contributed by atoms with Gasteiger partial charge >= 0.3 is 5.97 Å². The van der Waals surface area contributed by atoms with Gasteiger partial charge in [-0.3, -0.25) is 4.79 Å². The summed E-state index contributed by atoms with van der Waals surface area (Å²) in [6, 6.07) is 0.191. The van der Waals surface area contributed by atoms with Crippen LogP contribution in [0.25, 0.3) is 0 Å². The highest BCUT2D eigenvalue weighted by Crippen LogP contribution is 2.22. The summed E-state index contributed by atoms with van der Waals surface area (Å²) in [4.78, 5) is 11.4. The maximum Gasteiger partial charge on any atom is 0.307 e. The number of ether oxygens (including phenoxy) is 1. The van der Waals surface area contributed by atoms with E-state index in [1.807, 2.05) is 6.92 Å². The summed E-state index contributed by atoms with van der Waals surface area (Å²) in [5.41, 5.74) is 0.0852. The highest BCUT2D eigenvalue weighted by molar-refractivity contribution is 5.70. The van der Waals surface area contributed by atoms with E-state index in [9.17, 15) is 4.79 Å². The number of hydrogen-bond donors (Lipinski definition) is 1. The fraction of sp³-hybridized carbons (Fsp3) is 0.917. The van der Waals surface area contributed by atoms with Crippen molar-refractivity contribution < 1.29 is 9.53 Å². The number of nitrogens with one attached hydrogen (secondary N) is 1. The van der Waals surface area contributed by atoms with Gasteiger partial charge in [-0.1, -0.05) is 27.7 Å². The fourth-order valence-corrected chi connectivity index (χ4v) is 1.39. The first-order valence-electron chi connectivity index (χ1n) is 5.80. The number of esters is 1. The number of hydrogen-bond acceptors (Lipinski definition) is 3. The molecule has 90 valence electrons. The van der Waals surface area contributed by atoms with Crippen LogP contribution in [0.3, 0.4) is 0 Å². The van der Waals surface area contributed by atoms with Crippen LogP contribution in [0.1, 0.15) is 47.5 Å². The Morgan fingerprint density at radius 2 is 1.93 bits per heavy atom. The second kappa shape index (κ2) is 6.83. The molecule has 3 nitrogen and oxygen atoms in total. The van der Waals surface area contributed by atoms with Crippen LogP contribution in [0.5, 0.6) is 0 Å². The predicted octanol–water partition coefficient (Wildman–Crippen LogP) is 2.35. The Hall–Kier alpha value is -0.570. The molecule has 0 aliphatic carbocycles. The molecule has 0 spiro atoms. The first-order chi connectivity index (χ1) is 6.91. The van der Waals surface area contributed by atoms with Crippen molar-refractivity contribution in [2.75, 3.05) is 13.2 Å². The summed E-state index contributed by atoms with van der Waals surface area (Å²) in [7, 11) is 0. The summed E-state index contributed by atoms with van der Waals surface area (Å²) >= 11 is 0. The van der Waals surface area contributed by atoms with E-state index in [1.165, 1.54) is 0 Å². The van der Waals surface area contributed by atoms with Gasteiger partial charge in [-0.25, -0.2) is 0 Å². The molecule has 15 heavy (non-hydrogen) atoms. The van der Waals surface area contributed by atoms with Crippen LogP contribution in [-0.2, 0) is 9.53 Å². The summed E-state index contributed by atoms with van der Waals surface area (Å²) in [5, 5.41) is 3.40. The topological polar surface area (TPSA) is 38.3 Å². The number of rotatable bonds is 6. The molecule has 0 saturated heterocycles. The summed E-state index contributed by atoms with van der Waals surface area (Å²) in [6.07, 6.45) is 1.53. The largest absolute Gasteiger partial charge is 0.466 e. The molecule has 1 unspecified atom stereocenters. The van der Waals surface area contributed by atoms with Gasteiger partial charge in [0.2, 0.25) is 0 Å². The van der Waals surface area contributed by atoms with E-state index >= 15 is 0 Å². The average molecular weight is 215 g/mol. The van der Waals surface area contributed by atoms with E-state index < -0.39 is 0 Å². The Morgan fingerprint density at radius 1 is 1.33 bits per heavy atom. The van der Waals surface area contributed by atoms with Crippen LogP contribution in [0.15, 0.2) is 0 Å². The highest BCUT2D eigenvalue weighted by Gasteiger charge is 2.26. The minimum atomic E-state index is -0.110. The van der Waals surface area contributed by atoms with Gasteiger partial charge in [0, 0.05) is 6.04 Å². The zero-order valence-electron chi connectivity index (χ0n) is 10.7. The smallest absolute Gasteiger partial charge is 0.307 e. The number of carbonyl (C=O) groups is 1. The van der Waals surface area contributed by atoms with E-state index in [4.69, 9.17) is 4.74 Å².